The zero-order valence-electron chi connectivity index (χ0n) is 11.5. The second-order valence-electron chi connectivity index (χ2n) is 5.78. The molecule has 0 spiro atoms. The lowest BCUT2D eigenvalue weighted by Crippen LogP contribution is -2.60. The molecule has 1 N–H and O–H groups in total. The molecule has 0 atom stereocenters. The fourth-order valence-corrected chi connectivity index (χ4v) is 5.39. The Morgan fingerprint density at radius 3 is 2.42 bits per heavy atom. The van der Waals surface area contributed by atoms with E-state index in [1.54, 1.807) is 0 Å². The van der Waals surface area contributed by atoms with E-state index in [-0.39, 0.29) is 5.75 Å². The van der Waals surface area contributed by atoms with Crippen LogP contribution in [0.4, 0.5) is 0 Å². The molecule has 19 heavy (non-hydrogen) atoms. The Labute approximate surface area is 115 Å². The van der Waals surface area contributed by atoms with E-state index in [4.69, 9.17) is 0 Å². The number of hydrogen-bond acceptors (Lipinski definition) is 3. The molecule has 1 aliphatic heterocycles. The van der Waals surface area contributed by atoms with Crippen LogP contribution in [-0.2, 0) is 14.8 Å². The average Bonchev–Trinajstić information content (AvgIpc) is 2.38. The van der Waals surface area contributed by atoms with Crippen LogP contribution in [0.25, 0.3) is 0 Å². The van der Waals surface area contributed by atoms with Crippen molar-refractivity contribution in [2.75, 3.05) is 12.3 Å². The average molecular weight is 289 g/mol. The van der Waals surface area contributed by atoms with Gasteiger partial charge in [-0.3, -0.25) is 4.79 Å². The third-order valence-electron chi connectivity index (χ3n) is 4.73. The molecule has 1 saturated carbocycles. The largest absolute Gasteiger partial charge is 0.480 e. The molecular weight excluding hydrogens is 266 g/mol. The minimum atomic E-state index is -3.40. The van der Waals surface area contributed by atoms with Crippen molar-refractivity contribution < 1.29 is 18.3 Å². The maximum Gasteiger partial charge on any atom is 0.325 e. The van der Waals surface area contributed by atoms with Crippen molar-refractivity contribution in [3.63, 3.8) is 0 Å². The quantitative estimate of drug-likeness (QED) is 0.860. The normalized spacial score (nSPS) is 35.9. The molecule has 5 nitrogen and oxygen atoms in total. The SMILES string of the molecule is CCC1CCC(C(=O)O)(N2CCCCS2(=O)=O)CC1. The first-order valence-corrected chi connectivity index (χ1v) is 8.77. The topological polar surface area (TPSA) is 74.7 Å². The van der Waals surface area contributed by atoms with E-state index in [0.29, 0.717) is 31.7 Å². The van der Waals surface area contributed by atoms with Gasteiger partial charge >= 0.3 is 5.97 Å². The standard InChI is InChI=1S/C13H23NO4S/c1-2-11-5-7-13(8-6-11,12(15)16)14-9-3-4-10-19(14,17)18/h11H,2-10H2,1H3,(H,15,16). The summed E-state index contributed by atoms with van der Waals surface area (Å²) in [4.78, 5) is 11.8. The number of hydrogen-bond donors (Lipinski definition) is 1. The smallest absolute Gasteiger partial charge is 0.325 e. The second-order valence-corrected chi connectivity index (χ2v) is 7.80. The van der Waals surface area contributed by atoms with Crippen LogP contribution in [0.3, 0.4) is 0 Å². The third kappa shape index (κ3) is 2.65. The minimum absolute atomic E-state index is 0.0965. The van der Waals surface area contributed by atoms with Gasteiger partial charge in [0.1, 0.15) is 5.54 Å². The number of nitrogens with zero attached hydrogens (tertiary/aromatic N) is 1. The predicted octanol–water partition coefficient (Wildman–Crippen LogP) is 1.84. The lowest BCUT2D eigenvalue weighted by atomic mass is 9.75. The van der Waals surface area contributed by atoms with Crippen LogP contribution in [0.1, 0.15) is 51.9 Å². The third-order valence-corrected chi connectivity index (χ3v) is 6.74. The zero-order valence-corrected chi connectivity index (χ0v) is 12.3. The molecule has 0 aromatic rings. The van der Waals surface area contributed by atoms with E-state index in [1.807, 2.05) is 0 Å². The lowest BCUT2D eigenvalue weighted by molar-refractivity contribution is -0.151. The van der Waals surface area contributed by atoms with Crippen LogP contribution in [-0.4, -0.2) is 41.6 Å². The first kappa shape index (κ1) is 14.8. The molecule has 6 heteroatoms. The molecule has 1 saturated heterocycles. The van der Waals surface area contributed by atoms with Gasteiger partial charge in [-0.1, -0.05) is 13.3 Å². The van der Waals surface area contributed by atoms with Crippen molar-refractivity contribution in [3.8, 4) is 0 Å². The highest BCUT2D eigenvalue weighted by molar-refractivity contribution is 7.89. The molecule has 0 aromatic heterocycles. The van der Waals surface area contributed by atoms with E-state index >= 15 is 0 Å². The van der Waals surface area contributed by atoms with Crippen LogP contribution in [0.5, 0.6) is 0 Å². The van der Waals surface area contributed by atoms with Crippen LogP contribution in [0, 0.1) is 5.92 Å². The van der Waals surface area contributed by atoms with Gasteiger partial charge in [0.05, 0.1) is 5.75 Å². The van der Waals surface area contributed by atoms with Crippen LogP contribution >= 0.6 is 0 Å². The highest BCUT2D eigenvalue weighted by atomic mass is 32.2. The summed E-state index contributed by atoms with van der Waals surface area (Å²) in [6.07, 6.45) is 5.00. The molecule has 2 aliphatic rings. The Balaban J connectivity index is 2.28. The van der Waals surface area contributed by atoms with E-state index in [1.165, 1.54) is 4.31 Å². The first-order chi connectivity index (χ1) is 8.92. The summed E-state index contributed by atoms with van der Waals surface area (Å²) in [6, 6.07) is 0. The number of carboxylic acid groups (broad SMARTS) is 1. The van der Waals surface area contributed by atoms with E-state index in [2.05, 4.69) is 6.92 Å². The van der Waals surface area contributed by atoms with Crippen LogP contribution in [0.2, 0.25) is 0 Å². The molecule has 1 aliphatic carbocycles. The molecule has 0 unspecified atom stereocenters. The zero-order chi connectivity index (χ0) is 14.1. The van der Waals surface area contributed by atoms with Gasteiger partial charge in [0, 0.05) is 6.54 Å². The maximum atomic E-state index is 12.2. The van der Waals surface area contributed by atoms with Crippen molar-refractivity contribution in [1.29, 1.82) is 0 Å². The number of rotatable bonds is 3. The summed E-state index contributed by atoms with van der Waals surface area (Å²) in [6.45, 7) is 2.47. The molecule has 0 amide bonds. The highest BCUT2D eigenvalue weighted by Gasteiger charge is 2.51. The van der Waals surface area contributed by atoms with E-state index in [9.17, 15) is 18.3 Å². The van der Waals surface area contributed by atoms with E-state index < -0.39 is 21.5 Å². The molecule has 0 aromatic carbocycles. The molecule has 2 rings (SSSR count). The molecule has 0 bridgehead atoms. The maximum absolute atomic E-state index is 12.2. The number of carbonyl (C=O) groups is 1. The molecular formula is C13H23NO4S. The number of sulfonamides is 1. The van der Waals surface area contributed by atoms with Crippen molar-refractivity contribution in [3.05, 3.63) is 0 Å². The Bertz CT molecular complexity index is 438. The highest BCUT2D eigenvalue weighted by Crippen LogP contribution is 2.40. The summed E-state index contributed by atoms with van der Waals surface area (Å²) in [5.41, 5.74) is -1.18. The molecule has 1 heterocycles. The summed E-state index contributed by atoms with van der Waals surface area (Å²) in [7, 11) is -3.40. The van der Waals surface area contributed by atoms with Crippen molar-refractivity contribution in [1.82, 2.24) is 4.31 Å². The Hall–Kier alpha value is -0.620. The van der Waals surface area contributed by atoms with Gasteiger partial charge in [0.15, 0.2) is 0 Å². The Morgan fingerprint density at radius 1 is 1.32 bits per heavy atom. The Kier molecular flexibility index (Phi) is 4.20. The first-order valence-electron chi connectivity index (χ1n) is 7.16. The minimum Gasteiger partial charge on any atom is -0.480 e. The van der Waals surface area contributed by atoms with Gasteiger partial charge in [-0.25, -0.2) is 8.42 Å². The van der Waals surface area contributed by atoms with Gasteiger partial charge < -0.3 is 5.11 Å². The van der Waals surface area contributed by atoms with Crippen molar-refractivity contribution in [2.24, 2.45) is 5.92 Å². The summed E-state index contributed by atoms with van der Waals surface area (Å²) < 4.78 is 25.7. The fourth-order valence-electron chi connectivity index (χ4n) is 3.40. The fraction of sp³-hybridized carbons (Fsp3) is 0.923. The van der Waals surface area contributed by atoms with Crippen molar-refractivity contribution in [2.45, 2.75) is 57.4 Å². The Morgan fingerprint density at radius 2 is 1.95 bits per heavy atom. The van der Waals surface area contributed by atoms with Gasteiger partial charge in [-0.15, -0.1) is 0 Å². The van der Waals surface area contributed by atoms with Gasteiger partial charge in [-0.2, -0.15) is 4.31 Å². The molecule has 2 fully saturated rings. The monoisotopic (exact) mass is 289 g/mol. The summed E-state index contributed by atoms with van der Waals surface area (Å²) >= 11 is 0. The van der Waals surface area contributed by atoms with Gasteiger partial charge in [0.2, 0.25) is 10.0 Å². The second kappa shape index (κ2) is 5.40. The van der Waals surface area contributed by atoms with E-state index in [0.717, 1.165) is 25.7 Å². The van der Waals surface area contributed by atoms with Crippen LogP contribution < -0.4 is 0 Å². The summed E-state index contributed by atoms with van der Waals surface area (Å²) in [5.74, 6) is -0.327. The van der Waals surface area contributed by atoms with Crippen LogP contribution in [0.15, 0.2) is 0 Å². The predicted molar refractivity (Wildman–Crippen MR) is 72.3 cm³/mol. The number of carboxylic acids is 1. The van der Waals surface area contributed by atoms with Crippen molar-refractivity contribution >= 4 is 16.0 Å². The molecule has 0 radical (unpaired) electrons. The number of aliphatic carboxylic acids is 1. The van der Waals surface area contributed by atoms with Gasteiger partial charge in [0.25, 0.3) is 0 Å². The van der Waals surface area contributed by atoms with Gasteiger partial charge in [-0.05, 0) is 44.4 Å². The summed E-state index contributed by atoms with van der Waals surface area (Å²) in [5, 5.41) is 9.63. The lowest BCUT2D eigenvalue weighted by Gasteiger charge is -2.45. The molecule has 110 valence electrons.